The van der Waals surface area contributed by atoms with E-state index >= 15 is 0 Å². The van der Waals surface area contributed by atoms with Crippen LogP contribution in [0.25, 0.3) is 21.5 Å². The number of benzene rings is 2. The highest BCUT2D eigenvalue weighted by molar-refractivity contribution is 7.13. The zero-order chi connectivity index (χ0) is 26.0. The van der Waals surface area contributed by atoms with Gasteiger partial charge in [0.2, 0.25) is 0 Å². The Bertz CT molecular complexity index is 1540. The van der Waals surface area contributed by atoms with Gasteiger partial charge in [-0.15, -0.1) is 11.3 Å². The second-order valence-electron chi connectivity index (χ2n) is 11.4. The first-order valence-electron chi connectivity index (χ1n) is 13.6. The Balaban J connectivity index is 0.00000277. The predicted molar refractivity (Wildman–Crippen MR) is 156 cm³/mol. The number of nitrogens with zero attached hydrogens (tertiary/aromatic N) is 4. The number of hydrogen-bond acceptors (Lipinski definition) is 6. The summed E-state index contributed by atoms with van der Waals surface area (Å²) >= 11 is 1.63. The topological polar surface area (TPSA) is 61.4 Å². The molecule has 1 saturated carbocycles. The summed E-state index contributed by atoms with van der Waals surface area (Å²) in [6.07, 6.45) is 6.21. The molecule has 1 amide bonds. The maximum Gasteiger partial charge on any atom is 0.252 e. The maximum absolute atomic E-state index is 13.9. The van der Waals surface area contributed by atoms with Crippen LogP contribution in [0.2, 0.25) is 0 Å². The van der Waals surface area contributed by atoms with Crippen LogP contribution in [0.3, 0.4) is 0 Å². The van der Waals surface area contributed by atoms with E-state index in [0.717, 1.165) is 75.5 Å². The largest absolute Gasteiger partial charge is 0.368 e. The van der Waals surface area contributed by atoms with Crippen LogP contribution >= 0.6 is 11.3 Å². The molecule has 2 saturated heterocycles. The van der Waals surface area contributed by atoms with Gasteiger partial charge in [-0.05, 0) is 88.0 Å². The van der Waals surface area contributed by atoms with Gasteiger partial charge in [-0.2, -0.15) is 0 Å². The molecule has 7 heteroatoms. The molecule has 7 rings (SSSR count). The molecule has 3 fully saturated rings. The van der Waals surface area contributed by atoms with Crippen molar-refractivity contribution < 1.29 is 6.22 Å². The van der Waals surface area contributed by atoms with Crippen molar-refractivity contribution in [1.82, 2.24) is 20.2 Å². The van der Waals surface area contributed by atoms with Crippen LogP contribution in [0.5, 0.6) is 0 Å². The molecule has 4 heterocycles. The molecule has 6 nitrogen and oxygen atoms in total. The zero-order valence-corrected chi connectivity index (χ0v) is 23.0. The molecule has 2 aliphatic heterocycles. The number of hydrogen-bond donors (Lipinski definition) is 1. The summed E-state index contributed by atoms with van der Waals surface area (Å²) in [5, 5.41) is 7.55. The van der Waals surface area contributed by atoms with Crippen molar-refractivity contribution in [2.75, 3.05) is 25.0 Å². The van der Waals surface area contributed by atoms with Crippen LogP contribution in [0, 0.1) is 13.8 Å². The molecule has 0 radical (unpaired) electrons. The Morgan fingerprint density at radius 3 is 2.58 bits per heavy atom. The summed E-state index contributed by atoms with van der Waals surface area (Å²) in [6.45, 7) is 6.12. The van der Waals surface area contributed by atoms with Crippen molar-refractivity contribution in [2.24, 2.45) is 0 Å². The highest BCUT2D eigenvalue weighted by Gasteiger charge is 2.47. The molecular formula is C31H35N5OS. The molecule has 1 aliphatic carbocycles. The molecular weight excluding hydrogens is 490 g/mol. The number of amides is 1. The lowest BCUT2D eigenvalue weighted by molar-refractivity contribution is 0.0930. The molecule has 2 unspecified atom stereocenters. The molecule has 2 bridgehead atoms. The van der Waals surface area contributed by atoms with Gasteiger partial charge in [0, 0.05) is 66.1 Å². The molecule has 1 N–H and O–H groups in total. The Morgan fingerprint density at radius 1 is 1.08 bits per heavy atom. The first-order chi connectivity index (χ1) is 18.4. The average Bonchev–Trinajstić information content (AvgIpc) is 3.41. The average molecular weight is 526 g/mol. The van der Waals surface area contributed by atoms with Gasteiger partial charge in [-0.3, -0.25) is 14.7 Å². The molecule has 4 aromatic rings. The van der Waals surface area contributed by atoms with Gasteiger partial charge >= 0.3 is 0 Å². The van der Waals surface area contributed by atoms with Crippen molar-refractivity contribution >= 4 is 33.8 Å². The van der Waals surface area contributed by atoms with Gasteiger partial charge in [0.15, 0.2) is 0 Å². The van der Waals surface area contributed by atoms with Crippen molar-refractivity contribution in [1.29, 1.82) is 0 Å². The fraction of sp³-hybridized carbons (Fsp3) is 0.387. The number of likely N-dealkylation sites (N-methyl/N-ethyl adjacent to an activating group) is 1. The molecule has 3 aliphatic rings. The summed E-state index contributed by atoms with van der Waals surface area (Å²) in [4.78, 5) is 28.3. The number of piperazine rings is 1. The first kappa shape index (κ1) is 23.8. The second kappa shape index (κ2) is 8.89. The van der Waals surface area contributed by atoms with Crippen LogP contribution in [-0.4, -0.2) is 53.0 Å². The van der Waals surface area contributed by atoms with Gasteiger partial charge in [0.25, 0.3) is 5.91 Å². The number of nitrogens with one attached hydrogen (secondary N) is 1. The van der Waals surface area contributed by atoms with Gasteiger partial charge in [0.1, 0.15) is 5.01 Å². The van der Waals surface area contributed by atoms with E-state index in [1.54, 1.807) is 11.3 Å². The highest BCUT2D eigenvalue weighted by atomic mass is 32.1. The minimum Gasteiger partial charge on any atom is -0.368 e. The Labute approximate surface area is 229 Å². The van der Waals surface area contributed by atoms with Crippen LogP contribution in [0.15, 0.2) is 54.0 Å². The van der Waals surface area contributed by atoms with E-state index in [2.05, 4.69) is 69.6 Å². The van der Waals surface area contributed by atoms with Crippen LogP contribution in [0.4, 0.5) is 5.69 Å². The number of rotatable bonds is 5. The lowest BCUT2D eigenvalue weighted by atomic mass is 9.95. The van der Waals surface area contributed by atoms with E-state index in [0.29, 0.717) is 12.1 Å². The SMILES string of the molecule is Cc1ccc2c(C3(NC(=O)c4cc(N5CC6CCC(C5)N6C)ccc4C)CC3)cc(-c3nccs3)cc2n1.[HH]. The predicted octanol–water partition coefficient (Wildman–Crippen LogP) is 5.92. The summed E-state index contributed by atoms with van der Waals surface area (Å²) in [5.74, 6) is 0.00632. The third-order valence-corrected chi connectivity index (χ3v) is 9.74. The summed E-state index contributed by atoms with van der Waals surface area (Å²) < 4.78 is 0. The number of carbonyl (C=O) groups is 1. The number of carbonyl (C=O) groups excluding carboxylic acids is 1. The molecule has 2 aromatic carbocycles. The van der Waals surface area contributed by atoms with Crippen molar-refractivity contribution in [3.8, 4) is 10.6 Å². The Morgan fingerprint density at radius 2 is 1.87 bits per heavy atom. The molecule has 2 aromatic heterocycles. The smallest absolute Gasteiger partial charge is 0.252 e. The van der Waals surface area contributed by atoms with Gasteiger partial charge in [-0.25, -0.2) is 4.98 Å². The zero-order valence-electron chi connectivity index (χ0n) is 22.2. The van der Waals surface area contributed by atoms with E-state index in [1.165, 1.54) is 12.8 Å². The molecule has 0 spiro atoms. The van der Waals surface area contributed by atoms with Crippen LogP contribution < -0.4 is 10.2 Å². The first-order valence-corrected chi connectivity index (χ1v) is 14.5. The lowest BCUT2D eigenvalue weighted by Gasteiger charge is -2.40. The number of anilines is 1. The van der Waals surface area contributed by atoms with E-state index in [4.69, 9.17) is 4.98 Å². The number of pyridine rings is 1. The van der Waals surface area contributed by atoms with E-state index in [9.17, 15) is 4.79 Å². The van der Waals surface area contributed by atoms with Crippen LogP contribution in [0.1, 0.15) is 54.3 Å². The summed E-state index contributed by atoms with van der Waals surface area (Å²) in [6, 6.07) is 16.2. The van der Waals surface area contributed by atoms with E-state index in [-0.39, 0.29) is 12.9 Å². The molecule has 196 valence electrons. The lowest BCUT2D eigenvalue weighted by Crippen LogP contribution is -2.52. The third-order valence-electron chi connectivity index (χ3n) is 8.92. The van der Waals surface area contributed by atoms with Gasteiger partial charge in [-0.1, -0.05) is 12.1 Å². The van der Waals surface area contributed by atoms with Gasteiger partial charge in [0.05, 0.1) is 11.1 Å². The number of thiazole rings is 1. The van der Waals surface area contributed by atoms with Crippen LogP contribution in [-0.2, 0) is 5.54 Å². The Hall–Kier alpha value is -3.29. The fourth-order valence-corrected chi connectivity index (χ4v) is 7.10. The normalized spacial score (nSPS) is 22.1. The number of fused-ring (bicyclic) bond motifs is 3. The monoisotopic (exact) mass is 525 g/mol. The minimum absolute atomic E-state index is 0. The fourth-order valence-electron chi connectivity index (χ4n) is 6.47. The molecule has 2 atom stereocenters. The quantitative estimate of drug-likeness (QED) is 0.350. The minimum atomic E-state index is -0.380. The highest BCUT2D eigenvalue weighted by Crippen LogP contribution is 2.49. The van der Waals surface area contributed by atoms with E-state index in [1.807, 2.05) is 25.4 Å². The number of aromatic nitrogens is 2. The van der Waals surface area contributed by atoms with Crippen molar-refractivity contribution in [3.63, 3.8) is 0 Å². The standard InChI is InChI=1S/C31H33N5OS.H2/c1-19-4-6-22(36-17-23-7-8-24(18-36)35(23)3)16-26(19)29(37)34-31(10-11-31)27-14-21(30-32-12-13-38-30)15-28-25(27)9-5-20(2)33-28;/h4-6,9,12-16,23-24H,7-8,10-11,17-18H2,1-3H3,(H,34,37);1H. The third kappa shape index (κ3) is 4.00. The number of aryl methyl sites for hydroxylation is 2. The maximum atomic E-state index is 13.9. The summed E-state index contributed by atoms with van der Waals surface area (Å²) in [5.41, 5.74) is 6.71. The summed E-state index contributed by atoms with van der Waals surface area (Å²) in [7, 11) is 2.26. The van der Waals surface area contributed by atoms with E-state index < -0.39 is 0 Å². The molecule has 38 heavy (non-hydrogen) atoms. The van der Waals surface area contributed by atoms with Crippen molar-refractivity contribution in [3.05, 3.63) is 76.4 Å². The second-order valence-corrected chi connectivity index (χ2v) is 12.3. The Kier molecular flexibility index (Phi) is 5.57. The van der Waals surface area contributed by atoms with Crippen molar-refractivity contribution in [2.45, 2.75) is 57.2 Å². The van der Waals surface area contributed by atoms with Gasteiger partial charge < -0.3 is 10.2 Å².